The van der Waals surface area contributed by atoms with Gasteiger partial charge in [-0.2, -0.15) is 0 Å². The molecule has 26 heavy (non-hydrogen) atoms. The standard InChI is InChI=1S/C19H21FN4O2/c1-26-15-10-12(6-7-14(15)20)8-9-24-11-21-16-18(24)22-17(23-19(16)25)13-4-2-3-5-13/h6-7,10-11,13H,2-5,8-9H2,1H3,(H,22,23,25). The predicted molar refractivity (Wildman–Crippen MR) is 96.0 cm³/mol. The number of aryl methyl sites for hydroxylation is 2. The summed E-state index contributed by atoms with van der Waals surface area (Å²) in [5, 5.41) is 0. The molecule has 3 aromatic rings. The molecule has 7 heteroatoms. The molecule has 1 N–H and O–H groups in total. The summed E-state index contributed by atoms with van der Waals surface area (Å²) in [5.41, 5.74) is 1.75. The Kier molecular flexibility index (Phi) is 4.44. The molecule has 6 nitrogen and oxygen atoms in total. The molecule has 136 valence electrons. The molecule has 0 spiro atoms. The number of imidazole rings is 1. The number of hydrogen-bond donors (Lipinski definition) is 1. The Hall–Kier alpha value is -2.70. The van der Waals surface area contributed by atoms with Gasteiger partial charge in [-0.05, 0) is 37.0 Å². The number of aromatic nitrogens is 4. The summed E-state index contributed by atoms with van der Waals surface area (Å²) in [6.07, 6.45) is 6.80. The van der Waals surface area contributed by atoms with Crippen LogP contribution in [0, 0.1) is 5.82 Å². The summed E-state index contributed by atoms with van der Waals surface area (Å²) in [6.45, 7) is 0.603. The van der Waals surface area contributed by atoms with Crippen LogP contribution in [0.4, 0.5) is 4.39 Å². The Morgan fingerprint density at radius 3 is 2.92 bits per heavy atom. The lowest BCUT2D eigenvalue weighted by molar-refractivity contribution is 0.386. The molecule has 1 aliphatic carbocycles. The second kappa shape index (κ2) is 6.90. The summed E-state index contributed by atoms with van der Waals surface area (Å²) in [5.74, 6) is 0.955. The maximum absolute atomic E-state index is 13.5. The highest BCUT2D eigenvalue weighted by Gasteiger charge is 2.21. The van der Waals surface area contributed by atoms with Crippen molar-refractivity contribution >= 4 is 11.2 Å². The molecule has 0 saturated heterocycles. The highest BCUT2D eigenvalue weighted by molar-refractivity contribution is 5.69. The molecule has 1 saturated carbocycles. The van der Waals surface area contributed by atoms with Crippen LogP contribution in [0.5, 0.6) is 5.75 Å². The van der Waals surface area contributed by atoms with Crippen molar-refractivity contribution in [3.8, 4) is 5.75 Å². The third kappa shape index (κ3) is 3.09. The van der Waals surface area contributed by atoms with Gasteiger partial charge in [0.1, 0.15) is 5.82 Å². The van der Waals surface area contributed by atoms with Gasteiger partial charge in [0.25, 0.3) is 5.56 Å². The fourth-order valence-corrected chi connectivity index (χ4v) is 3.64. The number of benzene rings is 1. The topological polar surface area (TPSA) is 72.8 Å². The fourth-order valence-electron chi connectivity index (χ4n) is 3.64. The molecule has 2 aromatic heterocycles. The summed E-state index contributed by atoms with van der Waals surface area (Å²) in [4.78, 5) is 24.2. The number of nitrogens with zero attached hydrogens (tertiary/aromatic N) is 3. The minimum atomic E-state index is -0.376. The first-order valence-electron chi connectivity index (χ1n) is 8.93. The monoisotopic (exact) mass is 356 g/mol. The lowest BCUT2D eigenvalue weighted by atomic mass is 10.1. The molecule has 0 unspecified atom stereocenters. The molecular weight excluding hydrogens is 335 g/mol. The molecular formula is C19H21FN4O2. The van der Waals surface area contributed by atoms with E-state index in [0.717, 1.165) is 24.2 Å². The molecule has 0 atom stereocenters. The smallest absolute Gasteiger partial charge is 0.279 e. The lowest BCUT2D eigenvalue weighted by Gasteiger charge is -2.10. The first kappa shape index (κ1) is 16.8. The van der Waals surface area contributed by atoms with Gasteiger partial charge >= 0.3 is 0 Å². The number of aromatic amines is 1. The van der Waals surface area contributed by atoms with E-state index in [9.17, 15) is 9.18 Å². The molecule has 1 fully saturated rings. The molecule has 2 heterocycles. The van der Waals surface area contributed by atoms with Gasteiger partial charge in [-0.25, -0.2) is 14.4 Å². The molecule has 4 rings (SSSR count). The summed E-state index contributed by atoms with van der Waals surface area (Å²) in [6, 6.07) is 4.83. The van der Waals surface area contributed by atoms with Crippen molar-refractivity contribution in [3.63, 3.8) is 0 Å². The maximum Gasteiger partial charge on any atom is 0.279 e. The van der Waals surface area contributed by atoms with Gasteiger partial charge in [0.05, 0.1) is 13.4 Å². The predicted octanol–water partition coefficient (Wildman–Crippen LogP) is 3.17. The molecule has 0 amide bonds. The van der Waals surface area contributed by atoms with Gasteiger partial charge in [0, 0.05) is 12.5 Å². The number of fused-ring (bicyclic) bond motifs is 1. The number of hydrogen-bond acceptors (Lipinski definition) is 4. The average Bonchev–Trinajstić information content (AvgIpc) is 3.31. The van der Waals surface area contributed by atoms with Crippen LogP contribution in [0.3, 0.4) is 0 Å². The van der Waals surface area contributed by atoms with E-state index < -0.39 is 0 Å². The minimum absolute atomic E-state index is 0.181. The zero-order chi connectivity index (χ0) is 18.1. The number of nitrogens with one attached hydrogen (secondary N) is 1. The van der Waals surface area contributed by atoms with E-state index in [0.29, 0.717) is 30.0 Å². The van der Waals surface area contributed by atoms with Crippen molar-refractivity contribution in [2.45, 2.75) is 44.6 Å². The highest BCUT2D eigenvalue weighted by Crippen LogP contribution is 2.32. The van der Waals surface area contributed by atoms with Crippen molar-refractivity contribution in [3.05, 3.63) is 52.1 Å². The third-order valence-corrected chi connectivity index (χ3v) is 5.09. The van der Waals surface area contributed by atoms with E-state index in [1.54, 1.807) is 18.5 Å². The Labute approximate surface area is 150 Å². The second-order valence-corrected chi connectivity index (χ2v) is 6.76. The first-order valence-corrected chi connectivity index (χ1v) is 8.93. The normalized spacial score (nSPS) is 15.0. The number of rotatable bonds is 5. The Morgan fingerprint density at radius 2 is 2.15 bits per heavy atom. The maximum atomic E-state index is 13.5. The zero-order valence-electron chi connectivity index (χ0n) is 14.7. The quantitative estimate of drug-likeness (QED) is 0.762. The minimum Gasteiger partial charge on any atom is -0.494 e. The summed E-state index contributed by atoms with van der Waals surface area (Å²) in [7, 11) is 1.45. The van der Waals surface area contributed by atoms with Gasteiger partial charge in [0.2, 0.25) is 0 Å². The second-order valence-electron chi connectivity index (χ2n) is 6.76. The van der Waals surface area contributed by atoms with E-state index in [1.165, 1.54) is 26.0 Å². The van der Waals surface area contributed by atoms with Crippen LogP contribution in [0.2, 0.25) is 0 Å². The van der Waals surface area contributed by atoms with E-state index in [2.05, 4.69) is 9.97 Å². The fraction of sp³-hybridized carbons (Fsp3) is 0.421. The Morgan fingerprint density at radius 1 is 1.35 bits per heavy atom. The van der Waals surface area contributed by atoms with Gasteiger partial charge in [0.15, 0.2) is 22.7 Å². The van der Waals surface area contributed by atoms with Crippen molar-refractivity contribution < 1.29 is 9.13 Å². The summed E-state index contributed by atoms with van der Waals surface area (Å²) >= 11 is 0. The summed E-state index contributed by atoms with van der Waals surface area (Å²) < 4.78 is 20.5. The van der Waals surface area contributed by atoms with E-state index in [-0.39, 0.29) is 17.1 Å². The molecule has 0 bridgehead atoms. The van der Waals surface area contributed by atoms with Crippen LogP contribution in [0.1, 0.15) is 43.0 Å². The number of methoxy groups -OCH3 is 1. The van der Waals surface area contributed by atoms with Gasteiger partial charge in [-0.15, -0.1) is 0 Å². The van der Waals surface area contributed by atoms with Crippen molar-refractivity contribution in [1.82, 2.24) is 19.5 Å². The average molecular weight is 356 g/mol. The van der Waals surface area contributed by atoms with Crippen molar-refractivity contribution in [1.29, 1.82) is 0 Å². The van der Waals surface area contributed by atoms with Crippen LogP contribution in [-0.4, -0.2) is 26.6 Å². The Bertz CT molecular complexity index is 989. The van der Waals surface area contributed by atoms with Gasteiger partial charge in [-0.3, -0.25) is 4.79 Å². The molecule has 1 aliphatic rings. The van der Waals surface area contributed by atoms with Crippen LogP contribution < -0.4 is 10.3 Å². The van der Waals surface area contributed by atoms with E-state index in [4.69, 9.17) is 9.72 Å². The largest absolute Gasteiger partial charge is 0.494 e. The van der Waals surface area contributed by atoms with Crippen LogP contribution >= 0.6 is 0 Å². The van der Waals surface area contributed by atoms with Gasteiger partial charge < -0.3 is 14.3 Å². The first-order chi connectivity index (χ1) is 12.7. The SMILES string of the molecule is COc1cc(CCn2cnc3c(=O)[nH]c(C4CCCC4)nc32)ccc1F. The number of halogens is 1. The van der Waals surface area contributed by atoms with Crippen molar-refractivity contribution in [2.75, 3.05) is 7.11 Å². The Balaban J connectivity index is 1.61. The molecule has 1 aromatic carbocycles. The lowest BCUT2D eigenvalue weighted by Crippen LogP contribution is -2.15. The van der Waals surface area contributed by atoms with E-state index >= 15 is 0 Å². The number of ether oxygens (including phenoxy) is 1. The molecule has 0 radical (unpaired) electrons. The number of H-pyrrole nitrogens is 1. The van der Waals surface area contributed by atoms with Crippen LogP contribution in [-0.2, 0) is 13.0 Å². The van der Waals surface area contributed by atoms with E-state index in [1.807, 2.05) is 4.57 Å². The third-order valence-electron chi connectivity index (χ3n) is 5.09. The molecule has 0 aliphatic heterocycles. The zero-order valence-corrected chi connectivity index (χ0v) is 14.7. The van der Waals surface area contributed by atoms with Crippen LogP contribution in [0.15, 0.2) is 29.3 Å². The highest BCUT2D eigenvalue weighted by atomic mass is 19.1. The van der Waals surface area contributed by atoms with Crippen LogP contribution in [0.25, 0.3) is 11.2 Å². The van der Waals surface area contributed by atoms with Crippen molar-refractivity contribution in [2.24, 2.45) is 0 Å². The van der Waals surface area contributed by atoms with Gasteiger partial charge in [-0.1, -0.05) is 18.9 Å².